The number of piperidine rings is 1. The smallest absolute Gasteiger partial charge is 0.410 e. The number of fused-ring (bicyclic) bond motifs is 1. The van der Waals surface area contributed by atoms with Gasteiger partial charge in [-0.3, -0.25) is 4.79 Å². The summed E-state index contributed by atoms with van der Waals surface area (Å²) in [5.41, 5.74) is 6.22. The van der Waals surface area contributed by atoms with Crippen LogP contribution in [0.4, 0.5) is 4.79 Å². The largest absolute Gasteiger partial charge is 0.496 e. The summed E-state index contributed by atoms with van der Waals surface area (Å²) in [6, 6.07) is 30.0. The van der Waals surface area contributed by atoms with Crippen molar-refractivity contribution >= 4 is 38.8 Å². The number of carbonyl (C=O) groups is 2. The zero-order valence-corrected chi connectivity index (χ0v) is 34.3. The van der Waals surface area contributed by atoms with Crippen LogP contribution in [0.2, 0.25) is 0 Å². The van der Waals surface area contributed by atoms with E-state index in [4.69, 9.17) is 23.7 Å². The number of para-hydroxylation sites is 1. The molecule has 1 aliphatic heterocycles. The molecule has 2 heterocycles. The maximum absolute atomic E-state index is 13.5. The maximum atomic E-state index is 13.5. The van der Waals surface area contributed by atoms with E-state index < -0.39 is 0 Å². The maximum Gasteiger partial charge on any atom is 0.410 e. The highest BCUT2D eigenvalue weighted by Crippen LogP contribution is 2.40. The number of nitrogens with one attached hydrogen (secondary N) is 2. The lowest BCUT2D eigenvalue weighted by Crippen LogP contribution is -2.47. The van der Waals surface area contributed by atoms with E-state index >= 15 is 0 Å². The Kier molecular flexibility index (Phi) is 13.8. The normalized spacial score (nSPS) is 17.3. The van der Waals surface area contributed by atoms with Crippen molar-refractivity contribution in [1.29, 1.82) is 0 Å². The summed E-state index contributed by atoms with van der Waals surface area (Å²) in [5, 5.41) is 4.27. The van der Waals surface area contributed by atoms with Crippen molar-refractivity contribution in [2.45, 2.75) is 70.4 Å². The fourth-order valence-electron chi connectivity index (χ4n) is 7.47. The number of aryl methyl sites for hydroxylation is 1. The molecule has 1 aliphatic carbocycles. The van der Waals surface area contributed by atoms with Gasteiger partial charge < -0.3 is 38.9 Å². The second kappa shape index (κ2) is 19.5. The van der Waals surface area contributed by atoms with Gasteiger partial charge in [0.2, 0.25) is 5.91 Å². The first-order valence-electron chi connectivity index (χ1n) is 19.9. The predicted octanol–water partition coefficient (Wildman–Crippen LogP) is 9.40. The molecule has 57 heavy (non-hydrogen) atoms. The monoisotopic (exact) mass is 837 g/mol. The average molecular weight is 839 g/mol. The molecule has 10 nitrogen and oxygen atoms in total. The van der Waals surface area contributed by atoms with Crippen LogP contribution < -0.4 is 14.8 Å². The van der Waals surface area contributed by atoms with Crippen LogP contribution in [-0.4, -0.2) is 67.9 Å². The van der Waals surface area contributed by atoms with E-state index in [1.54, 1.807) is 12.0 Å². The second-order valence-corrected chi connectivity index (χ2v) is 15.7. The Morgan fingerprint density at radius 2 is 1.72 bits per heavy atom. The molecule has 3 atom stereocenters. The summed E-state index contributed by atoms with van der Waals surface area (Å²) in [4.78, 5) is 31.3. The van der Waals surface area contributed by atoms with E-state index in [-0.39, 0.29) is 42.7 Å². The first-order valence-corrected chi connectivity index (χ1v) is 20.7. The lowest BCUT2D eigenvalue weighted by Gasteiger charge is -2.40. The third kappa shape index (κ3) is 10.6. The molecule has 7 rings (SSSR count). The molecule has 1 saturated heterocycles. The number of halogens is 1. The number of methoxy groups -OCH3 is 1. The Bertz CT molecular complexity index is 2090. The van der Waals surface area contributed by atoms with E-state index in [1.807, 2.05) is 72.9 Å². The van der Waals surface area contributed by atoms with Crippen LogP contribution in [0.25, 0.3) is 10.9 Å². The number of likely N-dealkylation sites (tertiary alicyclic amines) is 1. The van der Waals surface area contributed by atoms with Gasteiger partial charge in [-0.15, -0.1) is 0 Å². The molecule has 4 aromatic carbocycles. The minimum atomic E-state index is -0.368. The number of ether oxygens (including phenoxy) is 5. The van der Waals surface area contributed by atoms with E-state index in [9.17, 15) is 9.59 Å². The number of rotatable bonds is 18. The Morgan fingerprint density at radius 3 is 2.51 bits per heavy atom. The lowest BCUT2D eigenvalue weighted by atomic mass is 9.86. The van der Waals surface area contributed by atoms with Gasteiger partial charge in [0.05, 0.1) is 51.2 Å². The number of aromatic amines is 1. The Balaban J connectivity index is 1.04. The standard InChI is InChI=1S/C46H52BrN3O7/c1-31-27-49-44-37(31)19-20-39(43(44)47)41(21-23-48-45(51)34-13-14-34)57-42-28-50(46(52)56-29-32-9-4-3-5-10-32)24-22-38(42)33-15-17-36(18-16-33)55-26-8-25-54-30-35-11-6-7-12-40(35)53-2/h3-7,9-12,15-20,27,34,38,41-42,49H,8,13-14,21-26,28-30H2,1-2H3,(H,48,51). The number of H-pyrrole nitrogens is 1. The second-order valence-electron chi connectivity index (χ2n) is 14.9. The van der Waals surface area contributed by atoms with Gasteiger partial charge in [-0.2, -0.15) is 0 Å². The highest BCUT2D eigenvalue weighted by atomic mass is 79.9. The van der Waals surface area contributed by atoms with Crippen molar-refractivity contribution in [3.8, 4) is 11.5 Å². The zero-order valence-electron chi connectivity index (χ0n) is 32.7. The van der Waals surface area contributed by atoms with Gasteiger partial charge in [-0.25, -0.2) is 4.79 Å². The first-order chi connectivity index (χ1) is 27.9. The molecule has 2 N–H and O–H groups in total. The SMILES string of the molecule is COc1ccccc1COCCCOc1ccc(C2CCN(C(=O)OCc3ccccc3)CC2OC(CCNC(=O)C2CC2)c2ccc3c(C)c[nH]c3c2Br)cc1. The topological polar surface area (TPSA) is 111 Å². The van der Waals surface area contributed by atoms with Gasteiger partial charge in [-0.05, 0) is 89.0 Å². The number of aromatic nitrogens is 1. The van der Waals surface area contributed by atoms with Crippen LogP contribution in [-0.2, 0) is 32.2 Å². The summed E-state index contributed by atoms with van der Waals surface area (Å²) in [5.74, 6) is 1.83. The fourth-order valence-corrected chi connectivity index (χ4v) is 8.19. The molecular formula is C46H52BrN3O7. The molecule has 5 aromatic rings. The molecule has 3 unspecified atom stereocenters. The van der Waals surface area contributed by atoms with Gasteiger partial charge in [0.1, 0.15) is 18.1 Å². The number of hydrogen-bond donors (Lipinski definition) is 2. The number of hydrogen-bond acceptors (Lipinski definition) is 7. The third-order valence-electron chi connectivity index (χ3n) is 10.9. The van der Waals surface area contributed by atoms with Crippen molar-refractivity contribution in [3.05, 3.63) is 129 Å². The van der Waals surface area contributed by atoms with Crippen molar-refractivity contribution in [3.63, 3.8) is 0 Å². The summed E-state index contributed by atoms with van der Waals surface area (Å²) in [6.07, 6.45) is 4.82. The zero-order chi connectivity index (χ0) is 39.6. The molecule has 0 radical (unpaired) electrons. The number of amides is 2. The van der Waals surface area contributed by atoms with Gasteiger partial charge in [0.25, 0.3) is 0 Å². The molecule has 1 aromatic heterocycles. The van der Waals surface area contributed by atoms with Crippen LogP contribution in [0.5, 0.6) is 11.5 Å². The number of benzene rings is 4. The quantitative estimate of drug-likeness (QED) is 0.0847. The minimum Gasteiger partial charge on any atom is -0.496 e. The highest BCUT2D eigenvalue weighted by Gasteiger charge is 2.37. The molecule has 1 saturated carbocycles. The van der Waals surface area contributed by atoms with E-state index in [0.717, 1.165) is 74.0 Å². The van der Waals surface area contributed by atoms with Gasteiger partial charge in [0, 0.05) is 53.0 Å². The van der Waals surface area contributed by atoms with E-state index in [0.29, 0.717) is 52.3 Å². The minimum absolute atomic E-state index is 0.000560. The predicted molar refractivity (Wildman–Crippen MR) is 223 cm³/mol. The molecule has 0 spiro atoms. The Hall–Kier alpha value is -4.84. The van der Waals surface area contributed by atoms with Crippen molar-refractivity contribution in [1.82, 2.24) is 15.2 Å². The molecule has 2 aliphatic rings. The average Bonchev–Trinajstić information content (AvgIpc) is 4.03. The van der Waals surface area contributed by atoms with Gasteiger partial charge >= 0.3 is 6.09 Å². The van der Waals surface area contributed by atoms with Crippen molar-refractivity contribution in [2.75, 3.05) is 40.0 Å². The molecule has 11 heteroatoms. The van der Waals surface area contributed by atoms with E-state index in [2.05, 4.69) is 57.4 Å². The summed E-state index contributed by atoms with van der Waals surface area (Å²) in [7, 11) is 1.67. The molecule has 2 fully saturated rings. The third-order valence-corrected chi connectivity index (χ3v) is 11.7. The number of carbonyl (C=O) groups excluding carboxylic acids is 2. The summed E-state index contributed by atoms with van der Waals surface area (Å²) < 4.78 is 31.3. The van der Waals surface area contributed by atoms with Crippen molar-refractivity contribution < 1.29 is 33.3 Å². The Morgan fingerprint density at radius 1 is 0.930 bits per heavy atom. The lowest BCUT2D eigenvalue weighted by molar-refractivity contribution is -0.122. The first kappa shape index (κ1) is 40.4. The van der Waals surface area contributed by atoms with Gasteiger partial charge in [-0.1, -0.05) is 72.8 Å². The molecule has 300 valence electrons. The molecule has 2 amide bonds. The van der Waals surface area contributed by atoms with Gasteiger partial charge in [0.15, 0.2) is 0 Å². The molecular weight excluding hydrogens is 786 g/mol. The van der Waals surface area contributed by atoms with Crippen molar-refractivity contribution in [2.24, 2.45) is 5.92 Å². The molecule has 0 bridgehead atoms. The highest BCUT2D eigenvalue weighted by molar-refractivity contribution is 9.10. The fraction of sp³-hybridized carbons (Fsp3) is 0.391. The van der Waals surface area contributed by atoms with Crippen LogP contribution in [0.1, 0.15) is 71.9 Å². The number of nitrogens with zero attached hydrogens (tertiary/aromatic N) is 1. The van der Waals surface area contributed by atoms with Crippen LogP contribution in [0.15, 0.2) is 102 Å². The van der Waals surface area contributed by atoms with Crippen LogP contribution in [0, 0.1) is 12.8 Å². The summed E-state index contributed by atoms with van der Waals surface area (Å²) in [6.45, 7) is 5.23. The van der Waals surface area contributed by atoms with Crippen LogP contribution in [0.3, 0.4) is 0 Å². The van der Waals surface area contributed by atoms with Crippen LogP contribution >= 0.6 is 15.9 Å². The van der Waals surface area contributed by atoms with E-state index in [1.165, 1.54) is 0 Å². The Labute approximate surface area is 343 Å². The summed E-state index contributed by atoms with van der Waals surface area (Å²) >= 11 is 3.90.